The van der Waals surface area contributed by atoms with Crippen molar-refractivity contribution in [3.8, 4) is 0 Å². The van der Waals surface area contributed by atoms with E-state index < -0.39 is 0 Å². The molecular formula is C27H31N5O2. The molecule has 0 unspecified atom stereocenters. The highest BCUT2D eigenvalue weighted by Gasteiger charge is 2.15. The number of benzene rings is 2. The molecule has 2 aromatic heterocycles. The van der Waals surface area contributed by atoms with Gasteiger partial charge in [-0.25, -0.2) is 4.98 Å². The Morgan fingerprint density at radius 1 is 1.03 bits per heavy atom. The second-order valence-electron chi connectivity index (χ2n) is 8.58. The number of nitrogens with one attached hydrogen (secondary N) is 2. The highest BCUT2D eigenvalue weighted by atomic mass is 16.5. The SMILES string of the molecule is CCn1c2ccccc2c2cc(NC(=O)c3cccnc3NCCCN3CCOCC3)ccc21. The molecule has 2 N–H and O–H groups in total. The molecule has 1 amide bonds. The molecule has 0 aliphatic carbocycles. The van der Waals surface area contributed by atoms with Crippen molar-refractivity contribution < 1.29 is 9.53 Å². The smallest absolute Gasteiger partial charge is 0.259 e. The lowest BCUT2D eigenvalue weighted by atomic mass is 10.1. The quantitative estimate of drug-likeness (QED) is 0.379. The van der Waals surface area contributed by atoms with Crippen LogP contribution in [-0.2, 0) is 11.3 Å². The number of para-hydroxylation sites is 1. The van der Waals surface area contributed by atoms with Crippen molar-refractivity contribution in [1.82, 2.24) is 14.5 Å². The van der Waals surface area contributed by atoms with Crippen LogP contribution in [0.3, 0.4) is 0 Å². The van der Waals surface area contributed by atoms with Crippen molar-refractivity contribution in [2.24, 2.45) is 0 Å². The summed E-state index contributed by atoms with van der Waals surface area (Å²) in [4.78, 5) is 20.0. The number of morpholine rings is 1. The first-order valence-corrected chi connectivity index (χ1v) is 12.1. The average Bonchev–Trinajstić information content (AvgIpc) is 3.20. The Morgan fingerprint density at radius 2 is 1.85 bits per heavy atom. The normalized spacial score (nSPS) is 14.5. The molecule has 1 aliphatic heterocycles. The summed E-state index contributed by atoms with van der Waals surface area (Å²) < 4.78 is 7.71. The second kappa shape index (κ2) is 10.2. The maximum Gasteiger partial charge on any atom is 0.259 e. The third-order valence-corrected chi connectivity index (χ3v) is 6.45. The Morgan fingerprint density at radius 3 is 2.71 bits per heavy atom. The summed E-state index contributed by atoms with van der Waals surface area (Å²) in [7, 11) is 0. The Hall–Kier alpha value is -3.42. The van der Waals surface area contributed by atoms with E-state index in [2.05, 4.69) is 68.4 Å². The number of amides is 1. The maximum absolute atomic E-state index is 13.2. The first kappa shape index (κ1) is 22.4. The molecule has 34 heavy (non-hydrogen) atoms. The largest absolute Gasteiger partial charge is 0.379 e. The molecule has 4 aromatic rings. The van der Waals surface area contributed by atoms with E-state index in [1.807, 2.05) is 12.1 Å². The van der Waals surface area contributed by atoms with Gasteiger partial charge in [0.1, 0.15) is 5.82 Å². The minimum absolute atomic E-state index is 0.164. The molecule has 1 fully saturated rings. The minimum atomic E-state index is -0.164. The number of hydrogen-bond acceptors (Lipinski definition) is 5. The number of pyridine rings is 1. The minimum Gasteiger partial charge on any atom is -0.379 e. The lowest BCUT2D eigenvalue weighted by molar-refractivity contribution is 0.0378. The Labute approximate surface area is 199 Å². The Bertz CT molecular complexity index is 1290. The maximum atomic E-state index is 13.2. The van der Waals surface area contributed by atoms with Crippen molar-refractivity contribution in [1.29, 1.82) is 0 Å². The van der Waals surface area contributed by atoms with Gasteiger partial charge in [-0.2, -0.15) is 0 Å². The number of aromatic nitrogens is 2. The first-order valence-electron chi connectivity index (χ1n) is 12.1. The third kappa shape index (κ3) is 4.62. The van der Waals surface area contributed by atoms with Crippen LogP contribution < -0.4 is 10.6 Å². The zero-order valence-corrected chi connectivity index (χ0v) is 19.6. The van der Waals surface area contributed by atoms with Gasteiger partial charge >= 0.3 is 0 Å². The molecule has 0 saturated carbocycles. The van der Waals surface area contributed by atoms with Crippen LogP contribution in [0.1, 0.15) is 23.7 Å². The van der Waals surface area contributed by atoms with Gasteiger partial charge in [-0.3, -0.25) is 9.69 Å². The fourth-order valence-electron chi connectivity index (χ4n) is 4.73. The van der Waals surface area contributed by atoms with Gasteiger partial charge in [0.2, 0.25) is 0 Å². The molecule has 0 radical (unpaired) electrons. The van der Waals surface area contributed by atoms with E-state index >= 15 is 0 Å². The molecule has 5 rings (SSSR count). The van der Waals surface area contributed by atoms with Crippen LogP contribution in [0.2, 0.25) is 0 Å². The number of hydrogen-bond donors (Lipinski definition) is 2. The van der Waals surface area contributed by atoms with Crippen molar-refractivity contribution in [3.05, 3.63) is 66.4 Å². The summed E-state index contributed by atoms with van der Waals surface area (Å²) in [5, 5.41) is 8.76. The lowest BCUT2D eigenvalue weighted by Gasteiger charge is -2.26. The van der Waals surface area contributed by atoms with Gasteiger partial charge in [0.25, 0.3) is 5.91 Å². The van der Waals surface area contributed by atoms with Crippen LogP contribution in [0.15, 0.2) is 60.8 Å². The molecule has 7 nitrogen and oxygen atoms in total. The molecule has 2 aromatic carbocycles. The predicted molar refractivity (Wildman–Crippen MR) is 138 cm³/mol. The number of anilines is 2. The van der Waals surface area contributed by atoms with Crippen molar-refractivity contribution in [2.75, 3.05) is 50.0 Å². The summed E-state index contributed by atoms with van der Waals surface area (Å²) in [6, 6.07) is 18.1. The van der Waals surface area contributed by atoms with E-state index in [9.17, 15) is 4.79 Å². The van der Waals surface area contributed by atoms with Crippen LogP contribution >= 0.6 is 0 Å². The number of ether oxygens (including phenoxy) is 1. The van der Waals surface area contributed by atoms with E-state index in [-0.39, 0.29) is 5.91 Å². The summed E-state index contributed by atoms with van der Waals surface area (Å²) in [5.41, 5.74) is 3.70. The van der Waals surface area contributed by atoms with Crippen LogP contribution in [0, 0.1) is 0 Å². The molecule has 1 saturated heterocycles. The van der Waals surface area contributed by atoms with Gasteiger partial charge in [0, 0.05) is 59.9 Å². The summed E-state index contributed by atoms with van der Waals surface area (Å²) in [6.45, 7) is 8.40. The van der Waals surface area contributed by atoms with E-state index in [1.54, 1.807) is 12.3 Å². The average molecular weight is 458 g/mol. The molecular weight excluding hydrogens is 426 g/mol. The van der Waals surface area contributed by atoms with Gasteiger partial charge < -0.3 is 19.9 Å². The highest BCUT2D eigenvalue weighted by molar-refractivity contribution is 6.12. The number of nitrogens with zero attached hydrogens (tertiary/aromatic N) is 3. The van der Waals surface area contributed by atoms with E-state index in [0.717, 1.165) is 63.4 Å². The first-order chi connectivity index (χ1) is 16.7. The van der Waals surface area contributed by atoms with E-state index in [1.165, 1.54) is 16.4 Å². The van der Waals surface area contributed by atoms with E-state index in [4.69, 9.17) is 4.74 Å². The molecule has 0 atom stereocenters. The molecule has 176 valence electrons. The van der Waals surface area contributed by atoms with Crippen LogP contribution in [0.25, 0.3) is 21.8 Å². The molecule has 3 heterocycles. The predicted octanol–water partition coefficient (Wildman–Crippen LogP) is 4.60. The van der Waals surface area contributed by atoms with Crippen LogP contribution in [0.4, 0.5) is 11.5 Å². The topological polar surface area (TPSA) is 71.4 Å². The van der Waals surface area contributed by atoms with Gasteiger partial charge in [0.15, 0.2) is 0 Å². The van der Waals surface area contributed by atoms with Crippen molar-refractivity contribution >= 4 is 39.2 Å². The lowest BCUT2D eigenvalue weighted by Crippen LogP contribution is -2.37. The summed E-state index contributed by atoms with van der Waals surface area (Å²) in [5.74, 6) is 0.452. The van der Waals surface area contributed by atoms with Gasteiger partial charge in [-0.15, -0.1) is 0 Å². The second-order valence-corrected chi connectivity index (χ2v) is 8.58. The third-order valence-electron chi connectivity index (χ3n) is 6.45. The molecule has 1 aliphatic rings. The molecule has 0 spiro atoms. The standard InChI is InChI=1S/C27H31N5O2/c1-2-32-24-9-4-3-7-21(24)23-19-20(10-11-25(23)32)30-27(33)22-8-5-12-28-26(22)29-13-6-14-31-15-17-34-18-16-31/h3-5,7-12,19H,2,6,13-18H2,1H3,(H,28,29)(H,30,33). The van der Waals surface area contributed by atoms with Crippen molar-refractivity contribution in [3.63, 3.8) is 0 Å². The summed E-state index contributed by atoms with van der Waals surface area (Å²) >= 11 is 0. The highest BCUT2D eigenvalue weighted by Crippen LogP contribution is 2.31. The van der Waals surface area contributed by atoms with Crippen LogP contribution in [-0.4, -0.2) is 59.8 Å². The molecule has 7 heteroatoms. The number of rotatable bonds is 8. The fourth-order valence-corrected chi connectivity index (χ4v) is 4.73. The zero-order chi connectivity index (χ0) is 23.3. The van der Waals surface area contributed by atoms with Crippen LogP contribution in [0.5, 0.6) is 0 Å². The summed E-state index contributed by atoms with van der Waals surface area (Å²) in [6.07, 6.45) is 2.70. The van der Waals surface area contributed by atoms with Gasteiger partial charge in [-0.1, -0.05) is 18.2 Å². The zero-order valence-electron chi connectivity index (χ0n) is 19.6. The number of fused-ring (bicyclic) bond motifs is 3. The monoisotopic (exact) mass is 457 g/mol. The fraction of sp³-hybridized carbons (Fsp3) is 0.333. The number of aryl methyl sites for hydroxylation is 1. The van der Waals surface area contributed by atoms with Gasteiger partial charge in [0.05, 0.1) is 18.8 Å². The Balaban J connectivity index is 1.29. The number of carbonyl (C=O) groups excluding carboxylic acids is 1. The van der Waals surface area contributed by atoms with Crippen molar-refractivity contribution in [2.45, 2.75) is 19.9 Å². The van der Waals surface area contributed by atoms with Gasteiger partial charge in [-0.05, 0) is 56.3 Å². The molecule has 0 bridgehead atoms. The Kier molecular flexibility index (Phi) is 6.74. The van der Waals surface area contributed by atoms with E-state index in [0.29, 0.717) is 11.4 Å². The number of carbonyl (C=O) groups is 1.